The molecule has 2 aromatic rings. The number of sulfonamides is 1. The second-order valence-electron chi connectivity index (χ2n) is 6.11. The quantitative estimate of drug-likeness (QED) is 0.895. The molecule has 0 spiro atoms. The summed E-state index contributed by atoms with van der Waals surface area (Å²) in [5.74, 6) is -1.08. The number of nitrogens with one attached hydrogen (secondary N) is 1. The van der Waals surface area contributed by atoms with E-state index in [1.54, 1.807) is 39.0 Å². The monoisotopic (exact) mass is 334 g/mol. The summed E-state index contributed by atoms with van der Waals surface area (Å²) >= 11 is 0. The van der Waals surface area contributed by atoms with E-state index in [9.17, 15) is 18.3 Å². The number of carbonyl (C=O) groups is 1. The number of hydrogen-bond donors (Lipinski definition) is 2. The second-order valence-corrected chi connectivity index (χ2v) is 7.79. The fraction of sp³-hybridized carbons (Fsp3) is 0.250. The Bertz CT molecular complexity index is 822. The number of rotatable bonds is 4. The highest BCUT2D eigenvalue weighted by Gasteiger charge is 2.22. The third-order valence-corrected chi connectivity index (χ3v) is 4.74. The van der Waals surface area contributed by atoms with Crippen molar-refractivity contribution in [1.29, 1.82) is 0 Å². The Kier molecular flexibility index (Phi) is 4.53. The van der Waals surface area contributed by atoms with Crippen LogP contribution in [-0.4, -0.2) is 30.0 Å². The van der Waals surface area contributed by atoms with E-state index >= 15 is 0 Å². The summed E-state index contributed by atoms with van der Waals surface area (Å²) in [6.07, 6.45) is 2.76. The SMILES string of the molecule is CC(C)(C)NS(=O)(=O)c1ccc(-c2ccncc2C(=O)O)cc1. The number of carboxylic acid groups (broad SMARTS) is 1. The summed E-state index contributed by atoms with van der Waals surface area (Å²) < 4.78 is 27.1. The van der Waals surface area contributed by atoms with Gasteiger partial charge in [0.2, 0.25) is 10.0 Å². The molecule has 6 nitrogen and oxygen atoms in total. The van der Waals surface area contributed by atoms with Crippen LogP contribution in [0.2, 0.25) is 0 Å². The molecule has 0 saturated heterocycles. The smallest absolute Gasteiger partial charge is 0.337 e. The molecule has 0 saturated carbocycles. The van der Waals surface area contributed by atoms with Crippen LogP contribution in [0.25, 0.3) is 11.1 Å². The lowest BCUT2D eigenvalue weighted by molar-refractivity contribution is 0.0697. The topological polar surface area (TPSA) is 96.4 Å². The van der Waals surface area contributed by atoms with Crippen molar-refractivity contribution in [3.8, 4) is 11.1 Å². The van der Waals surface area contributed by atoms with Gasteiger partial charge in [-0.3, -0.25) is 4.98 Å². The first-order chi connectivity index (χ1) is 10.6. The van der Waals surface area contributed by atoms with Crippen LogP contribution in [0.3, 0.4) is 0 Å². The Morgan fingerprint density at radius 3 is 2.26 bits per heavy atom. The predicted molar refractivity (Wildman–Crippen MR) is 86.7 cm³/mol. The lowest BCUT2D eigenvalue weighted by Crippen LogP contribution is -2.40. The van der Waals surface area contributed by atoms with E-state index in [1.165, 1.54) is 24.5 Å². The lowest BCUT2D eigenvalue weighted by atomic mass is 10.0. The van der Waals surface area contributed by atoms with Crippen molar-refractivity contribution in [2.45, 2.75) is 31.2 Å². The summed E-state index contributed by atoms with van der Waals surface area (Å²) in [5.41, 5.74) is 0.578. The fourth-order valence-corrected chi connectivity index (χ4v) is 3.51. The number of aromatic carboxylic acids is 1. The first-order valence-corrected chi connectivity index (χ1v) is 8.40. The highest BCUT2D eigenvalue weighted by atomic mass is 32.2. The van der Waals surface area contributed by atoms with Gasteiger partial charge in [-0.15, -0.1) is 0 Å². The number of nitrogens with zero attached hydrogens (tertiary/aromatic N) is 1. The minimum Gasteiger partial charge on any atom is -0.478 e. The lowest BCUT2D eigenvalue weighted by Gasteiger charge is -2.20. The van der Waals surface area contributed by atoms with Crippen LogP contribution in [-0.2, 0) is 10.0 Å². The molecule has 0 bridgehead atoms. The van der Waals surface area contributed by atoms with E-state index in [2.05, 4.69) is 9.71 Å². The highest BCUT2D eigenvalue weighted by Crippen LogP contribution is 2.24. The van der Waals surface area contributed by atoms with Crippen LogP contribution in [0.1, 0.15) is 31.1 Å². The zero-order valence-electron chi connectivity index (χ0n) is 13.1. The molecule has 0 fully saturated rings. The molecular weight excluding hydrogens is 316 g/mol. The number of aromatic nitrogens is 1. The Hall–Kier alpha value is -2.25. The van der Waals surface area contributed by atoms with Crippen molar-refractivity contribution in [1.82, 2.24) is 9.71 Å². The van der Waals surface area contributed by atoms with Crippen LogP contribution in [0.5, 0.6) is 0 Å². The van der Waals surface area contributed by atoms with Crippen molar-refractivity contribution in [2.24, 2.45) is 0 Å². The average Bonchev–Trinajstić information content (AvgIpc) is 2.45. The maximum Gasteiger partial charge on any atom is 0.337 e. The van der Waals surface area contributed by atoms with E-state index in [0.29, 0.717) is 11.1 Å². The van der Waals surface area contributed by atoms with Gasteiger partial charge in [-0.25, -0.2) is 17.9 Å². The number of benzene rings is 1. The summed E-state index contributed by atoms with van der Waals surface area (Å²) in [4.78, 5) is 15.2. The number of pyridine rings is 1. The summed E-state index contributed by atoms with van der Waals surface area (Å²) in [7, 11) is -3.62. The summed E-state index contributed by atoms with van der Waals surface area (Å²) in [5, 5.41) is 9.19. The van der Waals surface area contributed by atoms with Gasteiger partial charge in [-0.2, -0.15) is 0 Å². The number of hydrogen-bond acceptors (Lipinski definition) is 4. The van der Waals surface area contributed by atoms with E-state index in [-0.39, 0.29) is 10.5 Å². The first kappa shape index (κ1) is 17.1. The molecule has 0 aliphatic rings. The van der Waals surface area contributed by atoms with Gasteiger partial charge in [0.1, 0.15) is 0 Å². The van der Waals surface area contributed by atoms with Crippen LogP contribution < -0.4 is 4.72 Å². The van der Waals surface area contributed by atoms with Gasteiger partial charge in [0, 0.05) is 17.9 Å². The Morgan fingerprint density at radius 1 is 1.13 bits per heavy atom. The molecule has 0 aliphatic carbocycles. The molecule has 0 atom stereocenters. The molecule has 1 aromatic carbocycles. The largest absolute Gasteiger partial charge is 0.478 e. The van der Waals surface area contributed by atoms with Gasteiger partial charge in [-0.05, 0) is 50.1 Å². The first-order valence-electron chi connectivity index (χ1n) is 6.92. The van der Waals surface area contributed by atoms with Crippen molar-refractivity contribution in [3.05, 3.63) is 48.3 Å². The molecular formula is C16H18N2O4S. The van der Waals surface area contributed by atoms with E-state index in [4.69, 9.17) is 0 Å². The Balaban J connectivity index is 2.40. The zero-order chi connectivity index (χ0) is 17.3. The van der Waals surface area contributed by atoms with Gasteiger partial charge < -0.3 is 5.11 Å². The molecule has 0 amide bonds. The van der Waals surface area contributed by atoms with E-state index < -0.39 is 21.5 Å². The van der Waals surface area contributed by atoms with Crippen LogP contribution in [0, 0.1) is 0 Å². The second kappa shape index (κ2) is 6.10. The summed E-state index contributed by atoms with van der Waals surface area (Å²) in [6.45, 7) is 5.28. The standard InChI is InChI=1S/C16H18N2O4S/c1-16(2,3)18-23(21,22)12-6-4-11(5-7-12)13-8-9-17-10-14(13)15(19)20/h4-10,18H,1-3H3,(H,19,20). The highest BCUT2D eigenvalue weighted by molar-refractivity contribution is 7.89. The normalized spacial score (nSPS) is 12.1. The maximum atomic E-state index is 12.3. The van der Waals surface area contributed by atoms with Crippen LogP contribution in [0.15, 0.2) is 47.6 Å². The van der Waals surface area contributed by atoms with Crippen molar-refractivity contribution in [3.63, 3.8) is 0 Å². The van der Waals surface area contributed by atoms with E-state index in [1.807, 2.05) is 0 Å². The molecule has 7 heteroatoms. The minimum atomic E-state index is -3.62. The van der Waals surface area contributed by atoms with E-state index in [0.717, 1.165) is 0 Å². The zero-order valence-corrected chi connectivity index (χ0v) is 13.9. The van der Waals surface area contributed by atoms with Gasteiger partial charge >= 0.3 is 5.97 Å². The van der Waals surface area contributed by atoms with Crippen molar-refractivity contribution >= 4 is 16.0 Å². The van der Waals surface area contributed by atoms with Crippen LogP contribution >= 0.6 is 0 Å². The van der Waals surface area contributed by atoms with Crippen molar-refractivity contribution in [2.75, 3.05) is 0 Å². The molecule has 1 heterocycles. The molecule has 0 unspecified atom stereocenters. The van der Waals surface area contributed by atoms with Gasteiger partial charge in [0.15, 0.2) is 0 Å². The van der Waals surface area contributed by atoms with Gasteiger partial charge in [0.05, 0.1) is 10.5 Å². The average molecular weight is 334 g/mol. The third-order valence-electron chi connectivity index (χ3n) is 2.97. The molecule has 1 aromatic heterocycles. The summed E-state index contributed by atoms with van der Waals surface area (Å²) in [6, 6.07) is 7.66. The predicted octanol–water partition coefficient (Wildman–Crippen LogP) is 2.52. The maximum absolute atomic E-state index is 12.3. The molecule has 0 aliphatic heterocycles. The molecule has 2 N–H and O–H groups in total. The van der Waals surface area contributed by atoms with Crippen molar-refractivity contribution < 1.29 is 18.3 Å². The third kappa shape index (κ3) is 4.14. The Labute approximate surface area is 135 Å². The number of carboxylic acids is 1. The molecule has 2 rings (SSSR count). The molecule has 23 heavy (non-hydrogen) atoms. The molecule has 122 valence electrons. The molecule has 0 radical (unpaired) electrons. The van der Waals surface area contributed by atoms with Gasteiger partial charge in [0.25, 0.3) is 0 Å². The fourth-order valence-electron chi connectivity index (χ4n) is 2.09. The Morgan fingerprint density at radius 2 is 1.74 bits per heavy atom. The minimum absolute atomic E-state index is 0.0657. The van der Waals surface area contributed by atoms with Crippen LogP contribution in [0.4, 0.5) is 0 Å². The van der Waals surface area contributed by atoms with Gasteiger partial charge in [-0.1, -0.05) is 12.1 Å².